The summed E-state index contributed by atoms with van der Waals surface area (Å²) in [6.45, 7) is 3.22. The summed E-state index contributed by atoms with van der Waals surface area (Å²) >= 11 is 0. The molecule has 0 aromatic carbocycles. The van der Waals surface area contributed by atoms with E-state index < -0.39 is 24.3 Å². The van der Waals surface area contributed by atoms with E-state index in [1.165, 1.54) is 6.20 Å². The van der Waals surface area contributed by atoms with Crippen LogP contribution in [0.3, 0.4) is 0 Å². The number of hydrogen-bond donors (Lipinski definition) is 1. The average Bonchev–Trinajstić information content (AvgIpc) is 3.21. The Balaban J connectivity index is 1.36. The highest BCUT2D eigenvalue weighted by Gasteiger charge is 2.33. The molecule has 2 amide bonds. The molecular formula is C24H28F2N6O4. The molecule has 3 aromatic rings. The van der Waals surface area contributed by atoms with E-state index in [-0.39, 0.29) is 29.8 Å². The molecule has 36 heavy (non-hydrogen) atoms. The molecule has 192 valence electrons. The Morgan fingerprint density at radius 1 is 1.19 bits per heavy atom. The minimum absolute atomic E-state index is 0.0345. The number of rotatable bonds is 6. The van der Waals surface area contributed by atoms with E-state index in [1.807, 2.05) is 0 Å². The third-order valence-corrected chi connectivity index (χ3v) is 5.97. The highest BCUT2D eigenvalue weighted by Crippen LogP contribution is 2.36. The Morgan fingerprint density at radius 3 is 2.67 bits per heavy atom. The van der Waals surface area contributed by atoms with Crippen molar-refractivity contribution in [2.24, 2.45) is 5.92 Å². The van der Waals surface area contributed by atoms with Crippen molar-refractivity contribution >= 4 is 23.3 Å². The molecule has 0 unspecified atom stereocenters. The Hall–Kier alpha value is -3.70. The molecule has 5 rings (SSSR count). The number of pyridine rings is 1. The molecule has 1 aliphatic carbocycles. The Bertz CT molecular complexity index is 1290. The van der Waals surface area contributed by atoms with Crippen molar-refractivity contribution in [2.75, 3.05) is 18.4 Å². The highest BCUT2D eigenvalue weighted by molar-refractivity contribution is 5.93. The normalized spacial score (nSPS) is 18.2. The number of amides is 2. The van der Waals surface area contributed by atoms with Crippen LogP contribution < -0.4 is 10.1 Å². The fourth-order valence-electron chi connectivity index (χ4n) is 4.13. The van der Waals surface area contributed by atoms with E-state index in [2.05, 4.69) is 15.5 Å². The molecule has 1 aliphatic heterocycles. The largest absolute Gasteiger partial charge is 0.485 e. The first-order valence-electron chi connectivity index (χ1n) is 11.9. The number of carbonyl (C=O) groups is 2. The fourth-order valence-corrected chi connectivity index (χ4v) is 4.13. The van der Waals surface area contributed by atoms with Crippen LogP contribution in [0.4, 0.5) is 19.4 Å². The maximum atomic E-state index is 13.8. The predicted molar refractivity (Wildman–Crippen MR) is 126 cm³/mol. The van der Waals surface area contributed by atoms with Crippen LogP contribution >= 0.6 is 0 Å². The van der Waals surface area contributed by atoms with Crippen molar-refractivity contribution in [3.63, 3.8) is 0 Å². The molecule has 12 heteroatoms. The number of aromatic nitrogens is 4. The summed E-state index contributed by atoms with van der Waals surface area (Å²) in [6.07, 6.45) is 4.34. The van der Waals surface area contributed by atoms with Crippen molar-refractivity contribution in [2.45, 2.75) is 58.3 Å². The van der Waals surface area contributed by atoms with Crippen molar-refractivity contribution in [1.29, 1.82) is 0 Å². The van der Waals surface area contributed by atoms with Gasteiger partial charge in [-0.3, -0.25) is 4.79 Å². The summed E-state index contributed by atoms with van der Waals surface area (Å²) in [5, 5.41) is 11.0. The Labute approximate surface area is 206 Å². The molecule has 3 aromatic heterocycles. The number of nitrogens with one attached hydrogen (secondary N) is 1. The first kappa shape index (κ1) is 24.0. The maximum absolute atomic E-state index is 13.8. The van der Waals surface area contributed by atoms with Crippen LogP contribution in [0.1, 0.15) is 46.6 Å². The van der Waals surface area contributed by atoms with E-state index in [9.17, 15) is 18.4 Å². The van der Waals surface area contributed by atoms with Gasteiger partial charge in [0.25, 0.3) is 0 Å². The zero-order valence-electron chi connectivity index (χ0n) is 20.3. The lowest BCUT2D eigenvalue weighted by molar-refractivity contribution is -0.117. The second kappa shape index (κ2) is 9.07. The molecule has 1 atom stereocenters. The summed E-state index contributed by atoms with van der Waals surface area (Å²) < 4.78 is 41.3. The van der Waals surface area contributed by atoms with Gasteiger partial charge in [0, 0.05) is 36.7 Å². The Kier molecular flexibility index (Phi) is 6.05. The molecule has 0 bridgehead atoms. The molecule has 2 aliphatic rings. The van der Waals surface area contributed by atoms with Crippen LogP contribution in [0, 0.1) is 5.92 Å². The molecule has 4 heterocycles. The van der Waals surface area contributed by atoms with Crippen molar-refractivity contribution in [3.05, 3.63) is 30.6 Å². The van der Waals surface area contributed by atoms with Gasteiger partial charge in [-0.1, -0.05) is 0 Å². The minimum atomic E-state index is -2.88. The number of hydrogen-bond acceptors (Lipinski definition) is 6. The van der Waals surface area contributed by atoms with Crippen LogP contribution in [0.15, 0.2) is 30.6 Å². The summed E-state index contributed by atoms with van der Waals surface area (Å²) in [5.41, 5.74) is 0.572. The van der Waals surface area contributed by atoms with E-state index in [0.29, 0.717) is 34.5 Å². The first-order chi connectivity index (χ1) is 17.1. The number of anilines is 1. The van der Waals surface area contributed by atoms with Gasteiger partial charge in [-0.15, -0.1) is 0 Å². The SMILES string of the molecule is CC(C)(C)OC(=O)N1CC[C@H](Oc2cnn(C(F)F)c2-c2ccn3nc(NC(=O)C4CC4)cc3c2)C1. The Morgan fingerprint density at radius 2 is 1.97 bits per heavy atom. The predicted octanol–water partition coefficient (Wildman–Crippen LogP) is 4.33. The van der Waals surface area contributed by atoms with Gasteiger partial charge < -0.3 is 19.7 Å². The number of alkyl halides is 2. The standard InChI is InChI=1S/C24H28F2N6O4/c1-24(2,3)36-23(34)30-8-7-17(13-30)35-18-12-27-32(22(25)26)20(18)15-6-9-31-16(10-15)11-19(29-31)28-21(33)14-4-5-14/h6,9-12,14,17,22H,4-5,7-8,13H2,1-3H3,(H,28,29,33)/t17-/m0/s1. The first-order valence-corrected chi connectivity index (χ1v) is 11.9. The number of likely N-dealkylation sites (tertiary alicyclic amines) is 1. The zero-order valence-corrected chi connectivity index (χ0v) is 20.3. The molecule has 1 N–H and O–H groups in total. The molecule has 1 saturated carbocycles. The van der Waals surface area contributed by atoms with E-state index in [1.54, 1.807) is 54.6 Å². The lowest BCUT2D eigenvalue weighted by Gasteiger charge is -2.24. The van der Waals surface area contributed by atoms with Crippen molar-refractivity contribution < 1.29 is 27.8 Å². The van der Waals surface area contributed by atoms with Crippen LogP contribution in [-0.2, 0) is 9.53 Å². The number of halogens is 2. The van der Waals surface area contributed by atoms with Gasteiger partial charge in [0.05, 0.1) is 18.3 Å². The molecule has 0 spiro atoms. The van der Waals surface area contributed by atoms with Gasteiger partial charge >= 0.3 is 12.6 Å². The van der Waals surface area contributed by atoms with E-state index in [4.69, 9.17) is 9.47 Å². The van der Waals surface area contributed by atoms with Gasteiger partial charge in [-0.05, 0) is 45.7 Å². The van der Waals surface area contributed by atoms with Gasteiger partial charge in [0.2, 0.25) is 5.91 Å². The molecule has 10 nitrogen and oxygen atoms in total. The molecule has 1 saturated heterocycles. The number of fused-ring (bicyclic) bond motifs is 1. The van der Waals surface area contributed by atoms with Gasteiger partial charge in [0.1, 0.15) is 17.4 Å². The van der Waals surface area contributed by atoms with Crippen LogP contribution in [0.5, 0.6) is 5.75 Å². The summed E-state index contributed by atoms with van der Waals surface area (Å²) in [7, 11) is 0. The second-order valence-electron chi connectivity index (χ2n) is 10.1. The van der Waals surface area contributed by atoms with E-state index >= 15 is 0 Å². The minimum Gasteiger partial charge on any atom is -0.485 e. The second-order valence-corrected chi connectivity index (χ2v) is 10.1. The van der Waals surface area contributed by atoms with Gasteiger partial charge in [-0.25, -0.2) is 9.31 Å². The number of nitrogens with zero attached hydrogens (tertiary/aromatic N) is 5. The summed E-state index contributed by atoms with van der Waals surface area (Å²) in [6, 6.07) is 5.00. The molecule has 2 fully saturated rings. The number of carbonyl (C=O) groups excluding carboxylic acids is 2. The lowest BCUT2D eigenvalue weighted by Crippen LogP contribution is -2.36. The third-order valence-electron chi connectivity index (χ3n) is 5.97. The van der Waals surface area contributed by atoms with E-state index in [0.717, 1.165) is 12.8 Å². The topological polar surface area (TPSA) is 103 Å². The quantitative estimate of drug-likeness (QED) is 0.538. The lowest BCUT2D eigenvalue weighted by atomic mass is 10.1. The number of ether oxygens (including phenoxy) is 2. The smallest absolute Gasteiger partial charge is 0.410 e. The summed E-state index contributed by atoms with van der Waals surface area (Å²) in [4.78, 5) is 26.0. The zero-order chi connectivity index (χ0) is 25.6. The fraction of sp³-hybridized carbons (Fsp3) is 0.500. The molecular weight excluding hydrogens is 474 g/mol. The molecule has 0 radical (unpaired) electrons. The highest BCUT2D eigenvalue weighted by atomic mass is 19.3. The van der Waals surface area contributed by atoms with Crippen molar-refractivity contribution in [1.82, 2.24) is 24.3 Å². The van der Waals surface area contributed by atoms with Gasteiger partial charge in [-0.2, -0.15) is 23.7 Å². The third kappa shape index (κ3) is 5.12. The summed E-state index contributed by atoms with van der Waals surface area (Å²) in [5.74, 6) is 0.558. The maximum Gasteiger partial charge on any atom is 0.410 e. The van der Waals surface area contributed by atoms with Crippen LogP contribution in [0.25, 0.3) is 16.8 Å². The average molecular weight is 503 g/mol. The van der Waals surface area contributed by atoms with Crippen molar-refractivity contribution in [3.8, 4) is 17.0 Å². The monoisotopic (exact) mass is 502 g/mol. The van der Waals surface area contributed by atoms with Crippen LogP contribution in [-0.4, -0.2) is 61.1 Å². The van der Waals surface area contributed by atoms with Crippen LogP contribution in [0.2, 0.25) is 0 Å². The van der Waals surface area contributed by atoms with Gasteiger partial charge in [0.15, 0.2) is 11.6 Å².